The monoisotopic (exact) mass is 289 g/mol. The Labute approximate surface area is 130 Å². The minimum Gasteiger partial charge on any atom is -0.487 e. The van der Waals surface area contributed by atoms with E-state index < -0.39 is 0 Å². The lowest BCUT2D eigenvalue weighted by atomic mass is 9.84. The number of benzene rings is 1. The van der Waals surface area contributed by atoms with E-state index in [9.17, 15) is 0 Å². The maximum absolute atomic E-state index is 6.37. The number of para-hydroxylation sites is 1. The van der Waals surface area contributed by atoms with E-state index in [0.717, 1.165) is 25.1 Å². The summed E-state index contributed by atoms with van der Waals surface area (Å²) in [6, 6.07) is 8.97. The largest absolute Gasteiger partial charge is 0.487 e. The van der Waals surface area contributed by atoms with Crippen LogP contribution in [0.4, 0.5) is 0 Å². The highest BCUT2D eigenvalue weighted by atomic mass is 16.5. The Morgan fingerprint density at radius 3 is 2.71 bits per heavy atom. The molecule has 1 aromatic carbocycles. The number of ether oxygens (including phenoxy) is 1. The third-order valence-corrected chi connectivity index (χ3v) is 4.49. The molecule has 118 valence electrons. The summed E-state index contributed by atoms with van der Waals surface area (Å²) in [4.78, 5) is 0. The van der Waals surface area contributed by atoms with Gasteiger partial charge >= 0.3 is 0 Å². The number of fused-ring (bicyclic) bond motifs is 1. The van der Waals surface area contributed by atoms with Gasteiger partial charge in [0.25, 0.3) is 0 Å². The molecule has 1 aliphatic heterocycles. The number of unbranched alkanes of at least 4 members (excludes halogenated alkanes) is 3. The van der Waals surface area contributed by atoms with Crippen molar-refractivity contribution in [3.63, 3.8) is 0 Å². The standard InChI is InChI=1S/C19H31NO/c1-4-6-7-10-13-19(3)15-17(20-14-5-2)16-11-8-9-12-18(16)21-19/h8-9,11-12,17,20H,4-7,10,13-15H2,1-3H3. The molecule has 2 heteroatoms. The van der Waals surface area contributed by atoms with Gasteiger partial charge in [-0.05, 0) is 38.8 Å². The fourth-order valence-corrected chi connectivity index (χ4v) is 3.29. The average molecular weight is 289 g/mol. The molecule has 0 bridgehead atoms. The van der Waals surface area contributed by atoms with Gasteiger partial charge < -0.3 is 10.1 Å². The van der Waals surface area contributed by atoms with Crippen LogP contribution in [0.2, 0.25) is 0 Å². The molecule has 2 unspecified atom stereocenters. The van der Waals surface area contributed by atoms with Crippen molar-refractivity contribution >= 4 is 0 Å². The Hall–Kier alpha value is -1.02. The van der Waals surface area contributed by atoms with Crippen molar-refractivity contribution in [2.24, 2.45) is 0 Å². The van der Waals surface area contributed by atoms with Gasteiger partial charge in [0.05, 0.1) is 0 Å². The first-order valence-corrected chi connectivity index (χ1v) is 8.70. The molecule has 0 aromatic heterocycles. The zero-order valence-electron chi connectivity index (χ0n) is 14.0. The van der Waals surface area contributed by atoms with E-state index in [2.05, 4.69) is 50.4 Å². The number of rotatable bonds is 8. The molecule has 0 amide bonds. The second-order valence-corrected chi connectivity index (χ2v) is 6.61. The SMILES string of the molecule is CCCCCCC1(C)CC(NCCC)c2ccccc2O1. The van der Waals surface area contributed by atoms with Crippen molar-refractivity contribution in [2.45, 2.75) is 77.4 Å². The van der Waals surface area contributed by atoms with Gasteiger partial charge in [-0.3, -0.25) is 0 Å². The van der Waals surface area contributed by atoms with Gasteiger partial charge in [0.2, 0.25) is 0 Å². The highest BCUT2D eigenvalue weighted by Crippen LogP contribution is 2.41. The molecule has 1 N–H and O–H groups in total. The first-order chi connectivity index (χ1) is 10.2. The maximum Gasteiger partial charge on any atom is 0.124 e. The van der Waals surface area contributed by atoms with Crippen molar-refractivity contribution in [1.82, 2.24) is 5.32 Å². The topological polar surface area (TPSA) is 21.3 Å². The van der Waals surface area contributed by atoms with Crippen LogP contribution in [-0.2, 0) is 0 Å². The van der Waals surface area contributed by atoms with Crippen molar-refractivity contribution in [1.29, 1.82) is 0 Å². The molecular weight excluding hydrogens is 258 g/mol. The molecule has 1 heterocycles. The molecule has 2 nitrogen and oxygen atoms in total. The lowest BCUT2D eigenvalue weighted by Gasteiger charge is -2.40. The fourth-order valence-electron chi connectivity index (χ4n) is 3.29. The molecule has 0 spiro atoms. The summed E-state index contributed by atoms with van der Waals surface area (Å²) in [5.41, 5.74) is 1.31. The number of hydrogen-bond acceptors (Lipinski definition) is 2. The molecular formula is C19H31NO. The summed E-state index contributed by atoms with van der Waals surface area (Å²) >= 11 is 0. The summed E-state index contributed by atoms with van der Waals surface area (Å²) < 4.78 is 6.37. The Balaban J connectivity index is 2.05. The smallest absolute Gasteiger partial charge is 0.124 e. The van der Waals surface area contributed by atoms with E-state index >= 15 is 0 Å². The summed E-state index contributed by atoms with van der Waals surface area (Å²) in [5, 5.41) is 3.70. The number of nitrogens with one attached hydrogen (secondary N) is 1. The van der Waals surface area contributed by atoms with E-state index in [1.54, 1.807) is 0 Å². The molecule has 0 radical (unpaired) electrons. The predicted molar refractivity (Wildman–Crippen MR) is 89.9 cm³/mol. The van der Waals surface area contributed by atoms with Crippen LogP contribution in [0.5, 0.6) is 5.75 Å². The van der Waals surface area contributed by atoms with Crippen molar-refractivity contribution < 1.29 is 4.74 Å². The van der Waals surface area contributed by atoms with Crippen LogP contribution in [0.3, 0.4) is 0 Å². The summed E-state index contributed by atoms with van der Waals surface area (Å²) in [7, 11) is 0. The van der Waals surface area contributed by atoms with Crippen LogP contribution in [-0.4, -0.2) is 12.1 Å². The van der Waals surface area contributed by atoms with E-state index in [1.807, 2.05) is 0 Å². The van der Waals surface area contributed by atoms with Crippen molar-refractivity contribution in [2.75, 3.05) is 6.54 Å². The fraction of sp³-hybridized carbons (Fsp3) is 0.684. The Bertz CT molecular complexity index is 431. The summed E-state index contributed by atoms with van der Waals surface area (Å²) in [6.07, 6.45) is 8.64. The van der Waals surface area contributed by atoms with E-state index in [0.29, 0.717) is 6.04 Å². The summed E-state index contributed by atoms with van der Waals surface area (Å²) in [5.74, 6) is 1.08. The highest BCUT2D eigenvalue weighted by Gasteiger charge is 2.36. The second-order valence-electron chi connectivity index (χ2n) is 6.61. The molecule has 0 fully saturated rings. The predicted octanol–water partition coefficient (Wildman–Crippen LogP) is 5.24. The van der Waals surface area contributed by atoms with E-state index in [-0.39, 0.29) is 5.60 Å². The maximum atomic E-state index is 6.37. The average Bonchev–Trinajstić information content (AvgIpc) is 2.49. The third kappa shape index (κ3) is 4.47. The zero-order valence-corrected chi connectivity index (χ0v) is 14.0. The normalized spacial score (nSPS) is 24.4. The summed E-state index contributed by atoms with van der Waals surface area (Å²) in [6.45, 7) is 7.85. The van der Waals surface area contributed by atoms with Crippen molar-refractivity contribution in [3.8, 4) is 5.75 Å². The van der Waals surface area contributed by atoms with Gasteiger partial charge in [-0.2, -0.15) is 0 Å². The molecule has 21 heavy (non-hydrogen) atoms. The van der Waals surface area contributed by atoms with Crippen LogP contribution in [0, 0.1) is 0 Å². The van der Waals surface area contributed by atoms with Gasteiger partial charge in [-0.25, -0.2) is 0 Å². The molecule has 1 aromatic rings. The molecule has 0 saturated carbocycles. The Morgan fingerprint density at radius 1 is 1.14 bits per heavy atom. The number of hydrogen-bond donors (Lipinski definition) is 1. The first kappa shape index (κ1) is 16.4. The minimum atomic E-state index is -0.0203. The minimum absolute atomic E-state index is 0.0203. The Morgan fingerprint density at radius 2 is 1.95 bits per heavy atom. The molecule has 0 saturated heterocycles. The zero-order chi connectivity index (χ0) is 15.1. The Kier molecular flexibility index (Phi) is 6.10. The van der Waals surface area contributed by atoms with Gasteiger partial charge in [0.1, 0.15) is 11.4 Å². The van der Waals surface area contributed by atoms with Gasteiger partial charge in [-0.15, -0.1) is 0 Å². The van der Waals surface area contributed by atoms with Gasteiger partial charge in [0.15, 0.2) is 0 Å². The molecule has 2 rings (SSSR count). The molecule has 2 atom stereocenters. The van der Waals surface area contributed by atoms with Gasteiger partial charge in [0, 0.05) is 18.0 Å². The lowest BCUT2D eigenvalue weighted by Crippen LogP contribution is -2.42. The van der Waals surface area contributed by atoms with Gasteiger partial charge in [-0.1, -0.05) is 51.3 Å². The van der Waals surface area contributed by atoms with E-state index in [4.69, 9.17) is 4.74 Å². The quantitative estimate of drug-likeness (QED) is 0.661. The highest BCUT2D eigenvalue weighted by molar-refractivity contribution is 5.38. The van der Waals surface area contributed by atoms with E-state index in [1.165, 1.54) is 37.7 Å². The van der Waals surface area contributed by atoms with Crippen LogP contribution in [0.15, 0.2) is 24.3 Å². The third-order valence-electron chi connectivity index (χ3n) is 4.49. The lowest BCUT2D eigenvalue weighted by molar-refractivity contribution is 0.0373. The van der Waals surface area contributed by atoms with Crippen LogP contribution in [0.25, 0.3) is 0 Å². The van der Waals surface area contributed by atoms with Crippen molar-refractivity contribution in [3.05, 3.63) is 29.8 Å². The van der Waals surface area contributed by atoms with Crippen LogP contribution < -0.4 is 10.1 Å². The molecule has 1 aliphatic rings. The molecule has 0 aliphatic carbocycles. The van der Waals surface area contributed by atoms with Crippen LogP contribution in [0.1, 0.15) is 77.3 Å². The first-order valence-electron chi connectivity index (χ1n) is 8.70. The van der Waals surface area contributed by atoms with Crippen LogP contribution >= 0.6 is 0 Å². The second kappa shape index (κ2) is 7.84.